The van der Waals surface area contributed by atoms with E-state index in [4.69, 9.17) is 0 Å². The van der Waals surface area contributed by atoms with Crippen LogP contribution < -0.4 is 5.32 Å². The summed E-state index contributed by atoms with van der Waals surface area (Å²) in [6.07, 6.45) is 5.30. The average molecular weight is 330 g/mol. The van der Waals surface area contributed by atoms with Gasteiger partial charge in [0.1, 0.15) is 0 Å². The van der Waals surface area contributed by atoms with Crippen LogP contribution in [0, 0.1) is 5.41 Å². The van der Waals surface area contributed by atoms with Gasteiger partial charge in [-0.3, -0.25) is 4.68 Å². The van der Waals surface area contributed by atoms with Gasteiger partial charge in [0.05, 0.1) is 22.4 Å². The third kappa shape index (κ3) is 5.27. The number of nitrogens with zero attached hydrogens (tertiary/aromatic N) is 2. The number of nitrogens with one attached hydrogen (secondary N) is 1. The lowest BCUT2D eigenvalue weighted by atomic mass is 9.87. The smallest absolute Gasteiger partial charge is 0.0695 e. The van der Waals surface area contributed by atoms with E-state index in [9.17, 15) is 0 Å². The van der Waals surface area contributed by atoms with Gasteiger partial charge in [0.15, 0.2) is 0 Å². The minimum atomic E-state index is 0.298. The van der Waals surface area contributed by atoms with Gasteiger partial charge in [-0.25, -0.2) is 0 Å². The predicted octanol–water partition coefficient (Wildman–Crippen LogP) is 4.53. The quantitative estimate of drug-likeness (QED) is 0.796. The molecule has 0 amide bonds. The Bertz CT molecular complexity index is 379. The summed E-state index contributed by atoms with van der Waals surface area (Å²) in [4.78, 5) is 0. The van der Waals surface area contributed by atoms with Gasteiger partial charge in [0, 0.05) is 6.54 Å². The van der Waals surface area contributed by atoms with Crippen molar-refractivity contribution in [1.29, 1.82) is 0 Å². The van der Waals surface area contributed by atoms with Gasteiger partial charge in [0.2, 0.25) is 0 Å². The van der Waals surface area contributed by atoms with Crippen molar-refractivity contribution >= 4 is 15.9 Å². The largest absolute Gasteiger partial charge is 0.309 e. The van der Waals surface area contributed by atoms with Crippen LogP contribution in [0.5, 0.6) is 0 Å². The van der Waals surface area contributed by atoms with E-state index in [2.05, 4.69) is 65.6 Å². The molecule has 1 heterocycles. The molecular formula is C15H28BrN3. The third-order valence-electron chi connectivity index (χ3n) is 3.06. The number of hydrogen-bond donors (Lipinski definition) is 1. The first kappa shape index (κ1) is 16.7. The van der Waals surface area contributed by atoms with E-state index in [1.54, 1.807) is 0 Å². The van der Waals surface area contributed by atoms with Gasteiger partial charge in [-0.05, 0) is 47.2 Å². The van der Waals surface area contributed by atoms with Crippen LogP contribution in [0.15, 0.2) is 10.7 Å². The molecular weight excluding hydrogens is 302 g/mol. The molecule has 0 saturated heterocycles. The van der Waals surface area contributed by atoms with Crippen LogP contribution in [-0.2, 0) is 6.54 Å². The molecule has 1 N–H and O–H groups in total. The molecule has 0 aromatic carbocycles. The van der Waals surface area contributed by atoms with Crippen LogP contribution in [0.3, 0.4) is 0 Å². The Hall–Kier alpha value is -0.350. The molecule has 0 aliphatic rings. The van der Waals surface area contributed by atoms with E-state index in [-0.39, 0.29) is 0 Å². The van der Waals surface area contributed by atoms with E-state index in [0.717, 1.165) is 36.8 Å². The fourth-order valence-electron chi connectivity index (χ4n) is 2.30. The summed E-state index contributed by atoms with van der Waals surface area (Å²) >= 11 is 3.66. The van der Waals surface area contributed by atoms with Crippen LogP contribution in [0.2, 0.25) is 0 Å². The SMILES string of the molecule is CCCNC(CC(C)(C)C)c1c(Br)cnn1CCC. The summed E-state index contributed by atoms with van der Waals surface area (Å²) in [6, 6.07) is 0.364. The Labute approximate surface area is 126 Å². The van der Waals surface area contributed by atoms with Crippen LogP contribution in [-0.4, -0.2) is 16.3 Å². The lowest BCUT2D eigenvalue weighted by Crippen LogP contribution is -2.29. The predicted molar refractivity (Wildman–Crippen MR) is 85.3 cm³/mol. The monoisotopic (exact) mass is 329 g/mol. The highest BCUT2D eigenvalue weighted by atomic mass is 79.9. The van der Waals surface area contributed by atoms with Gasteiger partial charge >= 0.3 is 0 Å². The Kier molecular flexibility index (Phi) is 6.54. The summed E-state index contributed by atoms with van der Waals surface area (Å²) < 4.78 is 3.27. The van der Waals surface area contributed by atoms with Crippen molar-refractivity contribution in [2.75, 3.05) is 6.54 Å². The zero-order valence-electron chi connectivity index (χ0n) is 13.0. The number of halogens is 1. The van der Waals surface area contributed by atoms with E-state index in [1.807, 2.05) is 6.20 Å². The average Bonchev–Trinajstić information content (AvgIpc) is 2.65. The molecule has 110 valence electrons. The number of aromatic nitrogens is 2. The maximum absolute atomic E-state index is 4.49. The highest BCUT2D eigenvalue weighted by Crippen LogP contribution is 2.33. The molecule has 3 nitrogen and oxygen atoms in total. The van der Waals surface area contributed by atoms with E-state index in [0.29, 0.717) is 11.5 Å². The standard InChI is InChI=1S/C15H28BrN3/c1-6-8-17-13(10-15(3,4)5)14-12(16)11-18-19(14)9-7-2/h11,13,17H,6-10H2,1-5H3. The van der Waals surface area contributed by atoms with Crippen molar-refractivity contribution in [3.8, 4) is 0 Å². The maximum Gasteiger partial charge on any atom is 0.0695 e. The van der Waals surface area contributed by atoms with Crippen molar-refractivity contribution in [3.63, 3.8) is 0 Å². The zero-order chi connectivity index (χ0) is 14.5. The van der Waals surface area contributed by atoms with Crippen LogP contribution in [0.25, 0.3) is 0 Å². The van der Waals surface area contributed by atoms with Gasteiger partial charge in [-0.2, -0.15) is 5.10 Å². The minimum absolute atomic E-state index is 0.298. The van der Waals surface area contributed by atoms with E-state index in [1.165, 1.54) is 5.69 Å². The van der Waals surface area contributed by atoms with Crippen molar-refractivity contribution < 1.29 is 0 Å². The minimum Gasteiger partial charge on any atom is -0.309 e. The Morgan fingerprint density at radius 3 is 2.53 bits per heavy atom. The highest BCUT2D eigenvalue weighted by Gasteiger charge is 2.24. The van der Waals surface area contributed by atoms with Crippen molar-refractivity contribution in [2.24, 2.45) is 5.41 Å². The topological polar surface area (TPSA) is 29.9 Å². The second-order valence-electron chi connectivity index (χ2n) is 6.37. The molecule has 0 aliphatic heterocycles. The molecule has 0 saturated carbocycles. The van der Waals surface area contributed by atoms with Crippen molar-refractivity contribution in [2.45, 2.75) is 66.5 Å². The number of hydrogen-bond acceptors (Lipinski definition) is 2. The molecule has 1 atom stereocenters. The van der Waals surface area contributed by atoms with Gasteiger partial charge in [-0.1, -0.05) is 34.6 Å². The summed E-state index contributed by atoms with van der Waals surface area (Å²) in [5, 5.41) is 8.17. The fraction of sp³-hybridized carbons (Fsp3) is 0.800. The molecule has 1 rings (SSSR count). The Morgan fingerprint density at radius 1 is 1.32 bits per heavy atom. The summed E-state index contributed by atoms with van der Waals surface area (Å²) in [6.45, 7) is 13.3. The molecule has 4 heteroatoms. The number of rotatable bonds is 7. The van der Waals surface area contributed by atoms with Crippen LogP contribution in [0.4, 0.5) is 0 Å². The fourth-order valence-corrected chi connectivity index (χ4v) is 2.88. The first-order valence-corrected chi connectivity index (χ1v) is 8.13. The second-order valence-corrected chi connectivity index (χ2v) is 7.23. The van der Waals surface area contributed by atoms with Crippen LogP contribution in [0.1, 0.15) is 65.6 Å². The zero-order valence-corrected chi connectivity index (χ0v) is 14.5. The van der Waals surface area contributed by atoms with E-state index >= 15 is 0 Å². The molecule has 0 bridgehead atoms. The first-order chi connectivity index (χ1) is 8.89. The molecule has 19 heavy (non-hydrogen) atoms. The Morgan fingerprint density at radius 2 is 2.00 bits per heavy atom. The van der Waals surface area contributed by atoms with Crippen molar-refractivity contribution in [3.05, 3.63) is 16.4 Å². The molecule has 0 radical (unpaired) electrons. The molecule has 0 fully saturated rings. The molecule has 0 aliphatic carbocycles. The molecule has 1 aromatic rings. The van der Waals surface area contributed by atoms with E-state index < -0.39 is 0 Å². The molecule has 0 spiro atoms. The normalized spacial score (nSPS) is 13.8. The van der Waals surface area contributed by atoms with Crippen LogP contribution >= 0.6 is 15.9 Å². The summed E-state index contributed by atoms with van der Waals surface area (Å²) in [7, 11) is 0. The second kappa shape index (κ2) is 7.44. The van der Waals surface area contributed by atoms with Gasteiger partial charge in [-0.15, -0.1) is 0 Å². The highest BCUT2D eigenvalue weighted by molar-refractivity contribution is 9.10. The number of aryl methyl sites for hydroxylation is 1. The molecule has 1 unspecified atom stereocenters. The van der Waals surface area contributed by atoms with Gasteiger partial charge < -0.3 is 5.32 Å². The maximum atomic E-state index is 4.49. The lowest BCUT2D eigenvalue weighted by Gasteiger charge is -2.28. The summed E-state index contributed by atoms with van der Waals surface area (Å²) in [5.41, 5.74) is 1.59. The third-order valence-corrected chi connectivity index (χ3v) is 3.67. The summed E-state index contributed by atoms with van der Waals surface area (Å²) in [5.74, 6) is 0. The molecule has 1 aromatic heterocycles. The Balaban J connectivity index is 2.98. The lowest BCUT2D eigenvalue weighted by molar-refractivity contribution is 0.300. The van der Waals surface area contributed by atoms with Crippen molar-refractivity contribution in [1.82, 2.24) is 15.1 Å². The first-order valence-electron chi connectivity index (χ1n) is 7.33. The van der Waals surface area contributed by atoms with Gasteiger partial charge in [0.25, 0.3) is 0 Å².